The molecule has 1 fully saturated rings. The monoisotopic (exact) mass is 457 g/mol. The van der Waals surface area contributed by atoms with Gasteiger partial charge in [0.2, 0.25) is 5.43 Å². The van der Waals surface area contributed by atoms with Crippen molar-refractivity contribution in [2.45, 2.75) is 58.4 Å². The molecule has 0 radical (unpaired) electrons. The van der Waals surface area contributed by atoms with Crippen molar-refractivity contribution in [1.82, 2.24) is 14.4 Å². The molecule has 1 amide bonds. The molecule has 1 aliphatic heterocycles. The first-order valence-corrected chi connectivity index (χ1v) is 12.1. The lowest BCUT2D eigenvalue weighted by molar-refractivity contribution is 0.0637. The maximum atomic E-state index is 13.1. The summed E-state index contributed by atoms with van der Waals surface area (Å²) in [6.45, 7) is 6.36. The van der Waals surface area contributed by atoms with Gasteiger partial charge < -0.3 is 14.6 Å². The van der Waals surface area contributed by atoms with E-state index in [1.54, 1.807) is 4.90 Å². The number of fused-ring (bicyclic) bond motifs is 1. The molecule has 1 saturated carbocycles. The summed E-state index contributed by atoms with van der Waals surface area (Å²) in [4.78, 5) is 29.9. The fraction of sp³-hybridized carbons (Fsp3) is 0.357. The van der Waals surface area contributed by atoms with E-state index in [4.69, 9.17) is 0 Å². The van der Waals surface area contributed by atoms with Crippen LogP contribution in [-0.4, -0.2) is 44.0 Å². The first-order chi connectivity index (χ1) is 16.4. The van der Waals surface area contributed by atoms with Crippen LogP contribution in [0.15, 0.2) is 65.5 Å². The van der Waals surface area contributed by atoms with Gasteiger partial charge in [-0.25, -0.2) is 0 Å². The Labute approximate surface area is 200 Å². The van der Waals surface area contributed by atoms with Gasteiger partial charge in [-0.3, -0.25) is 14.5 Å². The third-order valence-electron chi connectivity index (χ3n) is 6.93. The number of rotatable bonds is 7. The Morgan fingerprint density at radius 1 is 0.971 bits per heavy atom. The van der Waals surface area contributed by atoms with E-state index >= 15 is 0 Å². The van der Waals surface area contributed by atoms with Gasteiger partial charge in [0, 0.05) is 50.0 Å². The topological polar surface area (TPSA) is 65.8 Å². The molecular formula is C28H31N3O3. The van der Waals surface area contributed by atoms with E-state index in [0.29, 0.717) is 25.7 Å². The SMILES string of the molecule is CC(C)N1CCn2c(CN(Cc3ccccc3-c3ccccc3)C3CC3)cc(=O)c(O)c2C1=O. The van der Waals surface area contributed by atoms with Crippen LogP contribution in [-0.2, 0) is 19.6 Å². The third kappa shape index (κ3) is 4.26. The average molecular weight is 458 g/mol. The summed E-state index contributed by atoms with van der Waals surface area (Å²) >= 11 is 0. The van der Waals surface area contributed by atoms with Crippen molar-refractivity contribution in [3.63, 3.8) is 0 Å². The van der Waals surface area contributed by atoms with E-state index in [-0.39, 0.29) is 17.6 Å². The van der Waals surface area contributed by atoms with Crippen molar-refractivity contribution in [2.24, 2.45) is 0 Å². The highest BCUT2D eigenvalue weighted by Crippen LogP contribution is 2.33. The number of benzene rings is 2. The van der Waals surface area contributed by atoms with Crippen LogP contribution in [0.3, 0.4) is 0 Å². The van der Waals surface area contributed by atoms with E-state index in [1.165, 1.54) is 22.8 Å². The van der Waals surface area contributed by atoms with Crippen molar-refractivity contribution in [2.75, 3.05) is 6.54 Å². The highest BCUT2D eigenvalue weighted by molar-refractivity contribution is 5.96. The molecule has 176 valence electrons. The molecule has 2 aromatic carbocycles. The van der Waals surface area contributed by atoms with Gasteiger partial charge in [-0.2, -0.15) is 0 Å². The molecule has 1 N–H and O–H groups in total. The predicted octanol–water partition coefficient (Wildman–Crippen LogP) is 4.25. The minimum atomic E-state index is -0.486. The zero-order valence-electron chi connectivity index (χ0n) is 19.8. The quantitative estimate of drug-likeness (QED) is 0.576. The number of nitrogens with zero attached hydrogens (tertiary/aromatic N) is 3. The molecule has 3 aromatic rings. The highest BCUT2D eigenvalue weighted by atomic mass is 16.3. The minimum absolute atomic E-state index is 0.0110. The number of hydrogen-bond donors (Lipinski definition) is 1. The van der Waals surface area contributed by atoms with E-state index in [9.17, 15) is 14.7 Å². The first kappa shape index (κ1) is 22.4. The summed E-state index contributed by atoms with van der Waals surface area (Å²) in [6, 6.07) is 20.8. The number of aromatic nitrogens is 1. The molecule has 6 heteroatoms. The number of pyridine rings is 1. The number of amides is 1. The lowest BCUT2D eigenvalue weighted by Gasteiger charge is -2.35. The molecule has 34 heavy (non-hydrogen) atoms. The van der Waals surface area contributed by atoms with Crippen molar-refractivity contribution >= 4 is 5.91 Å². The lowest BCUT2D eigenvalue weighted by Crippen LogP contribution is -2.46. The number of hydrogen-bond acceptors (Lipinski definition) is 4. The van der Waals surface area contributed by atoms with Crippen LogP contribution in [0.1, 0.15) is 48.4 Å². The Bertz CT molecular complexity index is 1260. The van der Waals surface area contributed by atoms with E-state index in [2.05, 4.69) is 53.4 Å². The van der Waals surface area contributed by atoms with E-state index < -0.39 is 11.2 Å². The van der Waals surface area contributed by atoms with Crippen LogP contribution >= 0.6 is 0 Å². The molecule has 1 aliphatic carbocycles. The molecule has 5 rings (SSSR count). The van der Waals surface area contributed by atoms with Gasteiger partial charge in [0.25, 0.3) is 5.91 Å². The molecule has 0 bridgehead atoms. The smallest absolute Gasteiger partial charge is 0.274 e. The Balaban J connectivity index is 1.48. The van der Waals surface area contributed by atoms with Crippen LogP contribution in [0.2, 0.25) is 0 Å². The number of carbonyl (C=O) groups excluding carboxylic acids is 1. The molecule has 2 aliphatic rings. The molecule has 1 aromatic heterocycles. The molecule has 0 atom stereocenters. The van der Waals surface area contributed by atoms with Crippen molar-refractivity contribution < 1.29 is 9.90 Å². The molecule has 2 heterocycles. The van der Waals surface area contributed by atoms with Crippen molar-refractivity contribution in [3.05, 3.63) is 87.8 Å². The van der Waals surface area contributed by atoms with E-state index in [0.717, 1.165) is 25.1 Å². The molecule has 6 nitrogen and oxygen atoms in total. The van der Waals surface area contributed by atoms with Crippen molar-refractivity contribution in [3.8, 4) is 16.9 Å². The van der Waals surface area contributed by atoms with Crippen LogP contribution in [0, 0.1) is 0 Å². The zero-order valence-corrected chi connectivity index (χ0v) is 19.8. The first-order valence-electron chi connectivity index (χ1n) is 12.1. The Hall–Kier alpha value is -3.38. The maximum absolute atomic E-state index is 13.1. The number of carbonyl (C=O) groups is 1. The standard InChI is InChI=1S/C28H31N3O3/c1-19(2)30-14-15-31-23(16-25(32)27(33)26(31)28(30)34)18-29(22-12-13-22)17-21-10-6-7-11-24(21)20-8-4-3-5-9-20/h3-11,16,19,22,33H,12-15,17-18H2,1-2H3. The molecule has 0 spiro atoms. The van der Waals surface area contributed by atoms with Gasteiger partial charge in [-0.05, 0) is 43.4 Å². The van der Waals surface area contributed by atoms with Crippen LogP contribution in [0.4, 0.5) is 0 Å². The predicted molar refractivity (Wildman–Crippen MR) is 133 cm³/mol. The Morgan fingerprint density at radius 3 is 2.38 bits per heavy atom. The second kappa shape index (κ2) is 9.11. The summed E-state index contributed by atoms with van der Waals surface area (Å²) in [5.41, 5.74) is 4.07. The fourth-order valence-corrected chi connectivity index (χ4v) is 4.97. The Kier molecular flexibility index (Phi) is 6.00. The van der Waals surface area contributed by atoms with Crippen LogP contribution in [0.5, 0.6) is 5.75 Å². The van der Waals surface area contributed by atoms with Crippen LogP contribution in [0.25, 0.3) is 11.1 Å². The average Bonchev–Trinajstić information content (AvgIpc) is 3.68. The zero-order chi connectivity index (χ0) is 23.8. The molecule has 0 saturated heterocycles. The summed E-state index contributed by atoms with van der Waals surface area (Å²) in [5.74, 6) is -0.711. The fourth-order valence-electron chi connectivity index (χ4n) is 4.97. The van der Waals surface area contributed by atoms with Gasteiger partial charge in [-0.1, -0.05) is 54.6 Å². The van der Waals surface area contributed by atoms with Gasteiger partial charge in [0.1, 0.15) is 0 Å². The Morgan fingerprint density at radius 2 is 1.68 bits per heavy atom. The van der Waals surface area contributed by atoms with Gasteiger partial charge in [-0.15, -0.1) is 0 Å². The van der Waals surface area contributed by atoms with E-state index in [1.807, 2.05) is 24.5 Å². The summed E-state index contributed by atoms with van der Waals surface area (Å²) in [6.07, 6.45) is 2.26. The normalized spacial score (nSPS) is 15.8. The van der Waals surface area contributed by atoms with Gasteiger partial charge in [0.05, 0.1) is 0 Å². The summed E-state index contributed by atoms with van der Waals surface area (Å²) in [7, 11) is 0. The van der Waals surface area contributed by atoms with Gasteiger partial charge >= 0.3 is 0 Å². The molecule has 0 unspecified atom stereocenters. The van der Waals surface area contributed by atoms with Crippen LogP contribution < -0.4 is 5.43 Å². The lowest BCUT2D eigenvalue weighted by atomic mass is 9.99. The summed E-state index contributed by atoms with van der Waals surface area (Å²) < 4.78 is 1.86. The van der Waals surface area contributed by atoms with Crippen molar-refractivity contribution in [1.29, 1.82) is 0 Å². The largest absolute Gasteiger partial charge is 0.503 e. The number of aromatic hydroxyl groups is 1. The minimum Gasteiger partial charge on any atom is -0.503 e. The third-order valence-corrected chi connectivity index (χ3v) is 6.93. The molecular weight excluding hydrogens is 426 g/mol. The second-order valence-corrected chi connectivity index (χ2v) is 9.60. The summed E-state index contributed by atoms with van der Waals surface area (Å²) in [5, 5.41) is 10.5. The second-order valence-electron chi connectivity index (χ2n) is 9.60. The van der Waals surface area contributed by atoms with Gasteiger partial charge in [0.15, 0.2) is 11.4 Å². The maximum Gasteiger partial charge on any atom is 0.274 e. The highest BCUT2D eigenvalue weighted by Gasteiger charge is 2.34.